The number of aryl methyl sites for hydroxylation is 1. The van der Waals surface area contributed by atoms with Crippen LogP contribution in [0.1, 0.15) is 25.1 Å². The number of aromatic nitrogens is 3. The van der Waals surface area contributed by atoms with Crippen molar-refractivity contribution in [3.63, 3.8) is 0 Å². The number of amides is 2. The summed E-state index contributed by atoms with van der Waals surface area (Å²) in [6.07, 6.45) is 4.96. The molecular weight excluding hydrogens is 420 g/mol. The lowest BCUT2D eigenvalue weighted by molar-refractivity contribution is -0.147. The molecule has 0 bridgehead atoms. The zero-order valence-electron chi connectivity index (χ0n) is 17.5. The van der Waals surface area contributed by atoms with E-state index in [2.05, 4.69) is 9.97 Å². The van der Waals surface area contributed by atoms with E-state index in [1.165, 1.54) is 4.31 Å². The maximum absolute atomic E-state index is 12.8. The average molecular weight is 447 g/mol. The van der Waals surface area contributed by atoms with Crippen LogP contribution in [0.15, 0.2) is 30.6 Å². The summed E-state index contributed by atoms with van der Waals surface area (Å²) in [4.78, 5) is 35.9. The molecule has 0 radical (unpaired) electrons. The number of anilines is 1. The first-order chi connectivity index (χ1) is 14.8. The SMILES string of the molecule is Cc1nc(N2CCN(S(=O)(=O)CCN3C(=O)CCCC3=O)CC2)cc(-n2cccc2)n1. The summed E-state index contributed by atoms with van der Waals surface area (Å²) >= 11 is 0. The normalized spacial score (nSPS) is 18.6. The molecule has 2 saturated heterocycles. The molecule has 0 unspecified atom stereocenters. The average Bonchev–Trinajstić information content (AvgIpc) is 3.28. The van der Waals surface area contributed by atoms with Crippen molar-refractivity contribution in [3.05, 3.63) is 36.4 Å². The third-order valence-electron chi connectivity index (χ3n) is 5.59. The van der Waals surface area contributed by atoms with Gasteiger partial charge in [-0.3, -0.25) is 14.5 Å². The molecule has 2 fully saturated rings. The van der Waals surface area contributed by atoms with E-state index in [0.29, 0.717) is 51.3 Å². The van der Waals surface area contributed by atoms with E-state index in [0.717, 1.165) is 16.5 Å². The predicted molar refractivity (Wildman–Crippen MR) is 114 cm³/mol. The summed E-state index contributed by atoms with van der Waals surface area (Å²) < 4.78 is 28.9. The summed E-state index contributed by atoms with van der Waals surface area (Å²) in [7, 11) is -3.56. The second-order valence-electron chi connectivity index (χ2n) is 7.72. The van der Waals surface area contributed by atoms with E-state index in [9.17, 15) is 18.0 Å². The van der Waals surface area contributed by atoms with Gasteiger partial charge in [0.2, 0.25) is 21.8 Å². The Balaban J connectivity index is 1.38. The van der Waals surface area contributed by atoms with Gasteiger partial charge in [-0.25, -0.2) is 18.4 Å². The molecule has 2 amide bonds. The van der Waals surface area contributed by atoms with E-state index in [4.69, 9.17) is 0 Å². The lowest BCUT2D eigenvalue weighted by atomic mass is 10.1. The van der Waals surface area contributed by atoms with Crippen LogP contribution in [-0.2, 0) is 19.6 Å². The Labute approximate surface area is 181 Å². The predicted octanol–water partition coefficient (Wildman–Crippen LogP) is 0.567. The highest BCUT2D eigenvalue weighted by Crippen LogP contribution is 2.19. The number of carbonyl (C=O) groups is 2. The molecule has 4 rings (SSSR count). The molecule has 0 aromatic carbocycles. The molecule has 0 spiro atoms. The molecule has 31 heavy (non-hydrogen) atoms. The van der Waals surface area contributed by atoms with E-state index >= 15 is 0 Å². The summed E-state index contributed by atoms with van der Waals surface area (Å²) in [6.45, 7) is 3.41. The van der Waals surface area contributed by atoms with Crippen LogP contribution >= 0.6 is 0 Å². The molecule has 0 aliphatic carbocycles. The highest BCUT2D eigenvalue weighted by atomic mass is 32.2. The maximum Gasteiger partial charge on any atom is 0.229 e. The van der Waals surface area contributed by atoms with E-state index < -0.39 is 10.0 Å². The fraction of sp³-hybridized carbons (Fsp3) is 0.500. The molecule has 2 aromatic rings. The number of rotatable bonds is 6. The van der Waals surface area contributed by atoms with Crippen molar-refractivity contribution in [2.24, 2.45) is 0 Å². The van der Waals surface area contributed by atoms with Crippen LogP contribution in [0.25, 0.3) is 5.82 Å². The highest BCUT2D eigenvalue weighted by Gasteiger charge is 2.31. The van der Waals surface area contributed by atoms with Crippen LogP contribution in [0.3, 0.4) is 0 Å². The van der Waals surface area contributed by atoms with Crippen molar-refractivity contribution >= 4 is 27.7 Å². The molecular formula is C20H26N6O4S. The van der Waals surface area contributed by atoms with Crippen LogP contribution in [0, 0.1) is 6.92 Å². The largest absolute Gasteiger partial charge is 0.354 e. The number of hydrogen-bond donors (Lipinski definition) is 0. The van der Waals surface area contributed by atoms with E-state index in [1.807, 2.05) is 47.0 Å². The van der Waals surface area contributed by atoms with Gasteiger partial charge in [0.25, 0.3) is 0 Å². The first kappa shape index (κ1) is 21.4. The van der Waals surface area contributed by atoms with Crippen molar-refractivity contribution < 1.29 is 18.0 Å². The third-order valence-corrected chi connectivity index (χ3v) is 7.44. The van der Waals surface area contributed by atoms with Crippen molar-refractivity contribution in [2.45, 2.75) is 26.2 Å². The Morgan fingerprint density at radius 1 is 0.935 bits per heavy atom. The molecule has 2 aliphatic heterocycles. The van der Waals surface area contributed by atoms with Gasteiger partial charge >= 0.3 is 0 Å². The number of piperazine rings is 1. The summed E-state index contributed by atoms with van der Waals surface area (Å²) in [6, 6.07) is 5.74. The Hall–Kier alpha value is -2.79. The second-order valence-corrected chi connectivity index (χ2v) is 9.81. The molecule has 0 N–H and O–H groups in total. The summed E-state index contributed by atoms with van der Waals surface area (Å²) in [5.74, 6) is 1.36. The van der Waals surface area contributed by atoms with Gasteiger partial charge in [-0.05, 0) is 25.5 Å². The molecule has 2 aliphatic rings. The summed E-state index contributed by atoms with van der Waals surface area (Å²) in [5.41, 5.74) is 0. The van der Waals surface area contributed by atoms with Gasteiger partial charge in [0, 0.05) is 64.0 Å². The fourth-order valence-corrected chi connectivity index (χ4v) is 5.29. The van der Waals surface area contributed by atoms with Crippen molar-refractivity contribution in [3.8, 4) is 5.82 Å². The molecule has 11 heteroatoms. The van der Waals surface area contributed by atoms with Crippen molar-refractivity contribution in [2.75, 3.05) is 43.4 Å². The number of piperidine rings is 1. The molecule has 0 atom stereocenters. The monoisotopic (exact) mass is 446 g/mol. The molecule has 10 nitrogen and oxygen atoms in total. The number of imide groups is 1. The van der Waals surface area contributed by atoms with Crippen molar-refractivity contribution in [1.82, 2.24) is 23.7 Å². The van der Waals surface area contributed by atoms with Gasteiger partial charge in [-0.2, -0.15) is 4.31 Å². The van der Waals surface area contributed by atoms with Gasteiger partial charge < -0.3 is 9.47 Å². The first-order valence-electron chi connectivity index (χ1n) is 10.4. The van der Waals surface area contributed by atoms with Crippen LogP contribution in [0.5, 0.6) is 0 Å². The Morgan fingerprint density at radius 3 is 2.19 bits per heavy atom. The smallest absolute Gasteiger partial charge is 0.229 e. The number of carbonyl (C=O) groups excluding carboxylic acids is 2. The number of hydrogen-bond acceptors (Lipinski definition) is 7. The maximum atomic E-state index is 12.8. The minimum absolute atomic E-state index is 0.0778. The molecule has 166 valence electrons. The number of sulfonamides is 1. The lowest BCUT2D eigenvalue weighted by Crippen LogP contribution is -2.51. The standard InChI is InChI=1S/C20H26N6O4S/c1-16-21-17(23-7-2-3-8-23)15-18(22-16)24-9-11-25(12-10-24)31(29,30)14-13-26-19(27)5-4-6-20(26)28/h2-3,7-8,15H,4-6,9-14H2,1H3. The molecule has 4 heterocycles. The van der Waals surface area contributed by atoms with Crippen molar-refractivity contribution in [1.29, 1.82) is 0 Å². The van der Waals surface area contributed by atoms with Crippen LogP contribution < -0.4 is 4.90 Å². The molecule has 0 saturated carbocycles. The minimum atomic E-state index is -3.56. The number of nitrogens with zero attached hydrogens (tertiary/aromatic N) is 6. The van der Waals surface area contributed by atoms with Gasteiger partial charge in [0.05, 0.1) is 5.75 Å². The van der Waals surface area contributed by atoms with Crippen LogP contribution in [0.2, 0.25) is 0 Å². The van der Waals surface area contributed by atoms with Gasteiger partial charge in [-0.1, -0.05) is 0 Å². The Bertz CT molecular complexity index is 1050. The van der Waals surface area contributed by atoms with Gasteiger partial charge in [0.15, 0.2) is 0 Å². The third kappa shape index (κ3) is 4.77. The van der Waals surface area contributed by atoms with Gasteiger partial charge in [0.1, 0.15) is 17.5 Å². The second kappa shape index (κ2) is 8.75. The zero-order chi connectivity index (χ0) is 22.0. The van der Waals surface area contributed by atoms with Gasteiger partial charge in [-0.15, -0.1) is 0 Å². The van der Waals surface area contributed by atoms with Crippen LogP contribution in [0.4, 0.5) is 5.82 Å². The number of likely N-dealkylation sites (tertiary alicyclic amines) is 1. The topological polar surface area (TPSA) is 109 Å². The van der Waals surface area contributed by atoms with E-state index in [1.54, 1.807) is 0 Å². The van der Waals surface area contributed by atoms with Crippen LogP contribution in [-0.4, -0.2) is 82.4 Å². The highest BCUT2D eigenvalue weighted by molar-refractivity contribution is 7.89. The van der Waals surface area contributed by atoms with E-state index in [-0.39, 0.29) is 24.1 Å². The Kier molecular flexibility index (Phi) is 6.05. The first-order valence-corrected chi connectivity index (χ1v) is 12.0. The Morgan fingerprint density at radius 2 is 1.55 bits per heavy atom. The zero-order valence-corrected chi connectivity index (χ0v) is 18.3. The molecule has 2 aromatic heterocycles. The lowest BCUT2D eigenvalue weighted by Gasteiger charge is -2.35. The minimum Gasteiger partial charge on any atom is -0.354 e. The fourth-order valence-electron chi connectivity index (χ4n) is 3.90. The quantitative estimate of drug-likeness (QED) is 0.597. The summed E-state index contributed by atoms with van der Waals surface area (Å²) in [5, 5.41) is 0.